The maximum atomic E-state index is 4.46. The molecule has 3 aromatic rings. The van der Waals surface area contributed by atoms with Gasteiger partial charge >= 0.3 is 0 Å². The van der Waals surface area contributed by atoms with Gasteiger partial charge in [-0.3, -0.25) is 4.57 Å². The van der Waals surface area contributed by atoms with Crippen LogP contribution in [-0.2, 0) is 6.54 Å². The van der Waals surface area contributed by atoms with Gasteiger partial charge in [-0.25, -0.2) is 0 Å². The standard InChI is InChI=1S/C19H22N4S/c1-15(2)24-19-21-20-18(23(19)17-12-8-5-9-13-17)14-22(3)16-10-6-4-7-11-16/h4-13,15H,14H2,1-3H3. The Morgan fingerprint density at radius 2 is 1.58 bits per heavy atom. The van der Waals surface area contributed by atoms with Crippen molar-refractivity contribution < 1.29 is 0 Å². The monoisotopic (exact) mass is 338 g/mol. The maximum Gasteiger partial charge on any atom is 0.196 e. The number of para-hydroxylation sites is 2. The van der Waals surface area contributed by atoms with Crippen LogP contribution in [0.15, 0.2) is 65.8 Å². The Balaban J connectivity index is 1.94. The van der Waals surface area contributed by atoms with Gasteiger partial charge in [-0.2, -0.15) is 0 Å². The lowest BCUT2D eigenvalue weighted by Crippen LogP contribution is -2.19. The number of anilines is 1. The highest BCUT2D eigenvalue weighted by Crippen LogP contribution is 2.26. The number of aromatic nitrogens is 3. The smallest absolute Gasteiger partial charge is 0.196 e. The fourth-order valence-electron chi connectivity index (χ4n) is 2.51. The average molecular weight is 338 g/mol. The predicted molar refractivity (Wildman–Crippen MR) is 101 cm³/mol. The lowest BCUT2D eigenvalue weighted by molar-refractivity contribution is 0.786. The van der Waals surface area contributed by atoms with Gasteiger partial charge in [0.15, 0.2) is 11.0 Å². The van der Waals surface area contributed by atoms with Crippen molar-refractivity contribution in [3.05, 3.63) is 66.5 Å². The number of thioether (sulfide) groups is 1. The van der Waals surface area contributed by atoms with Crippen LogP contribution in [0.5, 0.6) is 0 Å². The Morgan fingerprint density at radius 1 is 0.958 bits per heavy atom. The van der Waals surface area contributed by atoms with Gasteiger partial charge < -0.3 is 4.90 Å². The van der Waals surface area contributed by atoms with Crippen LogP contribution in [0, 0.1) is 0 Å². The zero-order chi connectivity index (χ0) is 16.9. The van der Waals surface area contributed by atoms with Crippen molar-refractivity contribution in [3.8, 4) is 5.69 Å². The molecule has 0 aliphatic carbocycles. The molecule has 1 aromatic heterocycles. The molecule has 24 heavy (non-hydrogen) atoms. The number of hydrogen-bond acceptors (Lipinski definition) is 4. The molecule has 124 valence electrons. The van der Waals surface area contributed by atoms with Crippen molar-refractivity contribution in [1.82, 2.24) is 14.8 Å². The van der Waals surface area contributed by atoms with E-state index in [0.29, 0.717) is 11.8 Å². The summed E-state index contributed by atoms with van der Waals surface area (Å²) < 4.78 is 2.16. The Labute approximate surface area is 147 Å². The maximum absolute atomic E-state index is 4.46. The third-order valence-corrected chi connectivity index (χ3v) is 4.58. The third kappa shape index (κ3) is 3.79. The predicted octanol–water partition coefficient (Wildman–Crippen LogP) is 4.40. The lowest BCUT2D eigenvalue weighted by atomic mass is 10.3. The summed E-state index contributed by atoms with van der Waals surface area (Å²) in [6.45, 7) is 5.04. The topological polar surface area (TPSA) is 34.0 Å². The quantitative estimate of drug-likeness (QED) is 0.624. The van der Waals surface area contributed by atoms with Gasteiger partial charge in [0, 0.05) is 23.7 Å². The highest BCUT2D eigenvalue weighted by atomic mass is 32.2. The Hall–Kier alpha value is -2.27. The van der Waals surface area contributed by atoms with Gasteiger partial charge in [-0.1, -0.05) is 62.0 Å². The molecule has 3 rings (SSSR count). The van der Waals surface area contributed by atoms with Crippen molar-refractivity contribution in [2.45, 2.75) is 30.8 Å². The average Bonchev–Trinajstić information content (AvgIpc) is 2.98. The molecule has 0 spiro atoms. The lowest BCUT2D eigenvalue weighted by Gasteiger charge is -2.19. The van der Waals surface area contributed by atoms with Crippen LogP contribution >= 0.6 is 11.8 Å². The molecule has 0 aliphatic rings. The summed E-state index contributed by atoms with van der Waals surface area (Å²) in [6, 6.07) is 20.6. The first kappa shape index (κ1) is 16.6. The second-order valence-electron chi connectivity index (χ2n) is 5.93. The van der Waals surface area contributed by atoms with E-state index in [-0.39, 0.29) is 0 Å². The molecule has 1 heterocycles. The molecule has 4 nitrogen and oxygen atoms in total. The minimum atomic E-state index is 0.455. The summed E-state index contributed by atoms with van der Waals surface area (Å²) in [6.07, 6.45) is 0. The fourth-order valence-corrected chi connectivity index (χ4v) is 3.34. The van der Waals surface area contributed by atoms with E-state index >= 15 is 0 Å². The van der Waals surface area contributed by atoms with Crippen LogP contribution in [0.1, 0.15) is 19.7 Å². The van der Waals surface area contributed by atoms with Crippen LogP contribution in [0.25, 0.3) is 5.69 Å². The van der Waals surface area contributed by atoms with Gasteiger partial charge in [0.1, 0.15) is 0 Å². The highest BCUT2D eigenvalue weighted by molar-refractivity contribution is 7.99. The largest absolute Gasteiger partial charge is 0.367 e. The van der Waals surface area contributed by atoms with Crippen LogP contribution < -0.4 is 4.90 Å². The van der Waals surface area contributed by atoms with Crippen molar-refractivity contribution in [3.63, 3.8) is 0 Å². The zero-order valence-electron chi connectivity index (χ0n) is 14.3. The molecule has 0 fully saturated rings. The summed E-state index contributed by atoms with van der Waals surface area (Å²) in [7, 11) is 2.08. The molecule has 0 N–H and O–H groups in total. The number of hydrogen-bond donors (Lipinski definition) is 0. The molecule has 5 heteroatoms. The molecule has 0 saturated heterocycles. The van der Waals surface area contributed by atoms with Gasteiger partial charge in [-0.15, -0.1) is 10.2 Å². The molecule has 0 bridgehead atoms. The Morgan fingerprint density at radius 3 is 2.21 bits per heavy atom. The van der Waals surface area contributed by atoms with Crippen LogP contribution in [0.3, 0.4) is 0 Å². The molecule has 0 aliphatic heterocycles. The van der Waals surface area contributed by atoms with E-state index < -0.39 is 0 Å². The second kappa shape index (κ2) is 7.53. The van der Waals surface area contributed by atoms with Crippen LogP contribution in [-0.4, -0.2) is 27.1 Å². The van der Waals surface area contributed by atoms with E-state index in [2.05, 4.69) is 64.8 Å². The summed E-state index contributed by atoms with van der Waals surface area (Å²) in [5.41, 5.74) is 2.26. The second-order valence-corrected chi connectivity index (χ2v) is 7.47. The molecular weight excluding hydrogens is 316 g/mol. The normalized spacial score (nSPS) is 11.0. The summed E-state index contributed by atoms with van der Waals surface area (Å²) in [5.74, 6) is 0.940. The first-order chi connectivity index (χ1) is 11.6. The molecule has 0 atom stereocenters. The van der Waals surface area contributed by atoms with Crippen LogP contribution in [0.2, 0.25) is 0 Å². The van der Waals surface area contributed by atoms with Gasteiger partial charge in [0.25, 0.3) is 0 Å². The first-order valence-electron chi connectivity index (χ1n) is 8.07. The molecule has 0 unspecified atom stereocenters. The SMILES string of the molecule is CC(C)Sc1nnc(CN(C)c2ccccc2)n1-c1ccccc1. The minimum absolute atomic E-state index is 0.455. The molecule has 0 amide bonds. The number of rotatable bonds is 6. The molecule has 2 aromatic carbocycles. The first-order valence-corrected chi connectivity index (χ1v) is 8.95. The van der Waals surface area contributed by atoms with Gasteiger partial charge in [0.2, 0.25) is 0 Å². The highest BCUT2D eigenvalue weighted by Gasteiger charge is 2.17. The van der Waals surface area contributed by atoms with E-state index in [0.717, 1.165) is 22.4 Å². The number of benzene rings is 2. The zero-order valence-corrected chi connectivity index (χ0v) is 15.1. The van der Waals surface area contributed by atoms with Crippen LogP contribution in [0.4, 0.5) is 5.69 Å². The van der Waals surface area contributed by atoms with Crippen molar-refractivity contribution in [2.24, 2.45) is 0 Å². The van der Waals surface area contributed by atoms with E-state index in [1.807, 2.05) is 36.4 Å². The summed E-state index contributed by atoms with van der Waals surface area (Å²) in [5, 5.41) is 10.3. The fraction of sp³-hybridized carbons (Fsp3) is 0.263. The van der Waals surface area contributed by atoms with Crippen molar-refractivity contribution >= 4 is 17.4 Å². The van der Waals surface area contributed by atoms with E-state index in [4.69, 9.17) is 0 Å². The Kier molecular flexibility index (Phi) is 5.20. The number of nitrogens with zero attached hydrogens (tertiary/aromatic N) is 4. The van der Waals surface area contributed by atoms with Crippen molar-refractivity contribution in [2.75, 3.05) is 11.9 Å². The third-order valence-electron chi connectivity index (χ3n) is 3.63. The summed E-state index contributed by atoms with van der Waals surface area (Å²) >= 11 is 1.73. The van der Waals surface area contributed by atoms with E-state index in [1.54, 1.807) is 11.8 Å². The van der Waals surface area contributed by atoms with Gasteiger partial charge in [-0.05, 0) is 24.3 Å². The summed E-state index contributed by atoms with van der Waals surface area (Å²) in [4.78, 5) is 2.19. The molecule has 0 saturated carbocycles. The minimum Gasteiger partial charge on any atom is -0.367 e. The van der Waals surface area contributed by atoms with Crippen molar-refractivity contribution in [1.29, 1.82) is 0 Å². The Bertz CT molecular complexity index is 769. The molecular formula is C19H22N4S. The van der Waals surface area contributed by atoms with Gasteiger partial charge in [0.05, 0.1) is 6.54 Å². The molecule has 0 radical (unpaired) electrons. The van der Waals surface area contributed by atoms with E-state index in [1.165, 1.54) is 0 Å². The van der Waals surface area contributed by atoms with E-state index in [9.17, 15) is 0 Å².